The third-order valence-electron chi connectivity index (χ3n) is 1.73. The minimum absolute atomic E-state index is 0.162. The number of benzene rings is 1. The van der Waals surface area contributed by atoms with Gasteiger partial charge in [0.05, 0.1) is 5.56 Å². The first-order valence-electron chi connectivity index (χ1n) is 4.25. The normalized spacial score (nSPS) is 11.3. The van der Waals surface area contributed by atoms with Crippen molar-refractivity contribution in [3.05, 3.63) is 29.3 Å². The van der Waals surface area contributed by atoms with Gasteiger partial charge in [-0.3, -0.25) is 4.79 Å². The topological polar surface area (TPSA) is 29.1 Å². The number of carbonyl (C=O) groups excluding carboxylic acids is 1. The summed E-state index contributed by atoms with van der Waals surface area (Å²) in [6.45, 7) is 2.79. The van der Waals surface area contributed by atoms with Crippen LogP contribution in [0.1, 0.15) is 18.1 Å². The summed E-state index contributed by atoms with van der Waals surface area (Å²) in [5, 5.41) is 2.32. The van der Waals surface area contributed by atoms with E-state index >= 15 is 0 Å². The summed E-state index contributed by atoms with van der Waals surface area (Å²) in [4.78, 5) is 10.7. The average Bonchev–Trinajstić information content (AvgIpc) is 1.99. The lowest BCUT2D eigenvalue weighted by Gasteiger charge is -2.10. The SMILES string of the molecule is CC(=O)Nc1cc(C)cc(C(F)(F)F)c1. The number of anilines is 1. The van der Waals surface area contributed by atoms with Crippen molar-refractivity contribution >= 4 is 11.6 Å². The number of halogens is 3. The van der Waals surface area contributed by atoms with E-state index in [2.05, 4.69) is 5.32 Å². The average molecular weight is 217 g/mol. The number of amides is 1. The summed E-state index contributed by atoms with van der Waals surface area (Å²) in [5.74, 6) is -0.395. The second-order valence-corrected chi connectivity index (χ2v) is 3.27. The molecule has 1 aromatic carbocycles. The van der Waals surface area contributed by atoms with Gasteiger partial charge in [-0.2, -0.15) is 13.2 Å². The summed E-state index contributed by atoms with van der Waals surface area (Å²) in [6, 6.07) is 3.43. The molecule has 0 heterocycles. The molecule has 1 amide bonds. The van der Waals surface area contributed by atoms with E-state index in [9.17, 15) is 18.0 Å². The summed E-state index contributed by atoms with van der Waals surface area (Å²) in [7, 11) is 0. The molecular weight excluding hydrogens is 207 g/mol. The van der Waals surface area contributed by atoms with Gasteiger partial charge in [-0.05, 0) is 30.7 Å². The largest absolute Gasteiger partial charge is 0.416 e. The first kappa shape index (κ1) is 11.6. The van der Waals surface area contributed by atoms with E-state index in [0.717, 1.165) is 12.1 Å². The fourth-order valence-electron chi connectivity index (χ4n) is 1.22. The van der Waals surface area contributed by atoms with Crippen LogP contribution >= 0.6 is 0 Å². The molecule has 0 fully saturated rings. The molecule has 1 aromatic rings. The van der Waals surface area contributed by atoms with E-state index in [4.69, 9.17) is 0 Å². The Morgan fingerprint density at radius 3 is 2.33 bits per heavy atom. The van der Waals surface area contributed by atoms with Crippen LogP contribution < -0.4 is 5.32 Å². The molecule has 0 aliphatic rings. The summed E-state index contributed by atoms with van der Waals surface area (Å²) in [6.07, 6.45) is -4.39. The third kappa shape index (κ3) is 3.27. The van der Waals surface area contributed by atoms with E-state index in [1.807, 2.05) is 0 Å². The van der Waals surface area contributed by atoms with Gasteiger partial charge in [-0.15, -0.1) is 0 Å². The number of hydrogen-bond donors (Lipinski definition) is 1. The molecule has 1 rings (SSSR count). The lowest BCUT2D eigenvalue weighted by molar-refractivity contribution is -0.137. The van der Waals surface area contributed by atoms with Crippen molar-refractivity contribution < 1.29 is 18.0 Å². The molecule has 0 radical (unpaired) electrons. The van der Waals surface area contributed by atoms with Crippen molar-refractivity contribution in [3.8, 4) is 0 Å². The van der Waals surface area contributed by atoms with Crippen LogP contribution in [0.15, 0.2) is 18.2 Å². The molecule has 0 aromatic heterocycles. The van der Waals surface area contributed by atoms with E-state index < -0.39 is 17.6 Å². The van der Waals surface area contributed by atoms with Crippen LogP contribution in [0.25, 0.3) is 0 Å². The highest BCUT2D eigenvalue weighted by molar-refractivity contribution is 5.88. The zero-order valence-electron chi connectivity index (χ0n) is 8.27. The number of alkyl halides is 3. The van der Waals surface area contributed by atoms with Crippen LogP contribution in [-0.4, -0.2) is 5.91 Å². The lowest BCUT2D eigenvalue weighted by Crippen LogP contribution is -2.09. The molecule has 0 saturated heterocycles. The Bertz CT molecular complexity index is 385. The molecule has 2 nitrogen and oxygen atoms in total. The van der Waals surface area contributed by atoms with Crippen LogP contribution in [0.3, 0.4) is 0 Å². The molecule has 0 unspecified atom stereocenters. The van der Waals surface area contributed by atoms with Crippen molar-refractivity contribution in [2.24, 2.45) is 0 Å². The quantitative estimate of drug-likeness (QED) is 0.769. The van der Waals surface area contributed by atoms with Crippen molar-refractivity contribution in [3.63, 3.8) is 0 Å². The Morgan fingerprint density at radius 1 is 1.27 bits per heavy atom. The second-order valence-electron chi connectivity index (χ2n) is 3.27. The number of rotatable bonds is 1. The fourth-order valence-corrected chi connectivity index (χ4v) is 1.22. The summed E-state index contributed by atoms with van der Waals surface area (Å²) >= 11 is 0. The maximum absolute atomic E-state index is 12.4. The van der Waals surface area contributed by atoms with Gasteiger partial charge < -0.3 is 5.32 Å². The van der Waals surface area contributed by atoms with E-state index in [-0.39, 0.29) is 5.69 Å². The van der Waals surface area contributed by atoms with Gasteiger partial charge in [0, 0.05) is 12.6 Å². The molecule has 0 aliphatic heterocycles. The summed E-state index contributed by atoms with van der Waals surface area (Å²) in [5.41, 5.74) is -0.144. The van der Waals surface area contributed by atoms with Crippen LogP contribution in [0.4, 0.5) is 18.9 Å². The molecule has 0 spiro atoms. The molecule has 0 bridgehead atoms. The maximum atomic E-state index is 12.4. The minimum atomic E-state index is -4.39. The Balaban J connectivity index is 3.11. The minimum Gasteiger partial charge on any atom is -0.326 e. The van der Waals surface area contributed by atoms with Gasteiger partial charge in [0.25, 0.3) is 0 Å². The molecule has 1 N–H and O–H groups in total. The van der Waals surface area contributed by atoms with Gasteiger partial charge in [-0.25, -0.2) is 0 Å². The van der Waals surface area contributed by atoms with Crippen molar-refractivity contribution in [2.75, 3.05) is 5.32 Å². The van der Waals surface area contributed by atoms with Crippen molar-refractivity contribution in [2.45, 2.75) is 20.0 Å². The first-order chi connectivity index (χ1) is 6.79. The van der Waals surface area contributed by atoms with Gasteiger partial charge >= 0.3 is 6.18 Å². The number of nitrogens with one attached hydrogen (secondary N) is 1. The smallest absolute Gasteiger partial charge is 0.326 e. The Hall–Kier alpha value is -1.52. The molecular formula is C10H10F3NO. The van der Waals surface area contributed by atoms with E-state index in [1.54, 1.807) is 6.92 Å². The fraction of sp³-hybridized carbons (Fsp3) is 0.300. The number of carbonyl (C=O) groups is 1. The first-order valence-corrected chi connectivity index (χ1v) is 4.25. The van der Waals surface area contributed by atoms with Crippen LogP contribution in [0.5, 0.6) is 0 Å². The highest BCUT2D eigenvalue weighted by Gasteiger charge is 2.30. The molecule has 15 heavy (non-hydrogen) atoms. The van der Waals surface area contributed by atoms with Gasteiger partial charge in [0.2, 0.25) is 5.91 Å². The molecule has 5 heteroatoms. The molecule has 0 saturated carbocycles. The number of hydrogen-bond acceptors (Lipinski definition) is 1. The Labute approximate surface area is 85.1 Å². The molecule has 82 valence electrons. The zero-order valence-corrected chi connectivity index (χ0v) is 8.27. The van der Waals surface area contributed by atoms with Crippen LogP contribution in [0, 0.1) is 6.92 Å². The maximum Gasteiger partial charge on any atom is 0.416 e. The van der Waals surface area contributed by atoms with Gasteiger partial charge in [-0.1, -0.05) is 0 Å². The van der Waals surface area contributed by atoms with Gasteiger partial charge in [0.15, 0.2) is 0 Å². The highest BCUT2D eigenvalue weighted by Crippen LogP contribution is 2.31. The standard InChI is InChI=1S/C10H10F3NO/c1-6-3-8(10(11,12)13)5-9(4-6)14-7(2)15/h3-5H,1-2H3,(H,14,15). The Morgan fingerprint density at radius 2 is 1.87 bits per heavy atom. The van der Waals surface area contributed by atoms with Gasteiger partial charge in [0.1, 0.15) is 0 Å². The molecule has 0 aliphatic carbocycles. The summed E-state index contributed by atoms with van der Waals surface area (Å²) < 4.78 is 37.1. The van der Waals surface area contributed by atoms with Crippen LogP contribution in [0.2, 0.25) is 0 Å². The van der Waals surface area contributed by atoms with Crippen molar-refractivity contribution in [1.29, 1.82) is 0 Å². The van der Waals surface area contributed by atoms with E-state index in [0.29, 0.717) is 5.56 Å². The highest BCUT2D eigenvalue weighted by atomic mass is 19.4. The zero-order chi connectivity index (χ0) is 11.6. The van der Waals surface area contributed by atoms with E-state index in [1.165, 1.54) is 13.0 Å². The predicted molar refractivity (Wildman–Crippen MR) is 50.5 cm³/mol. The predicted octanol–water partition coefficient (Wildman–Crippen LogP) is 2.97. The second kappa shape index (κ2) is 3.92. The molecule has 0 atom stereocenters. The van der Waals surface area contributed by atoms with Crippen molar-refractivity contribution in [1.82, 2.24) is 0 Å². The third-order valence-corrected chi connectivity index (χ3v) is 1.73. The monoisotopic (exact) mass is 217 g/mol. The van der Waals surface area contributed by atoms with Crippen LogP contribution in [-0.2, 0) is 11.0 Å². The lowest BCUT2D eigenvalue weighted by atomic mass is 10.1. The Kier molecular flexibility index (Phi) is 3.02. The number of aryl methyl sites for hydroxylation is 1.